The van der Waals surface area contributed by atoms with Gasteiger partial charge < -0.3 is 10.2 Å². The van der Waals surface area contributed by atoms with Gasteiger partial charge in [-0.3, -0.25) is 9.48 Å². The van der Waals surface area contributed by atoms with Gasteiger partial charge in [-0.15, -0.1) is 5.10 Å². The van der Waals surface area contributed by atoms with Gasteiger partial charge >= 0.3 is 0 Å². The third-order valence-corrected chi connectivity index (χ3v) is 5.22. The molecule has 2 aromatic heterocycles. The molecule has 0 aliphatic carbocycles. The molecule has 1 aromatic carbocycles. The Labute approximate surface area is 174 Å². The molecule has 1 aliphatic rings. The highest BCUT2D eigenvalue weighted by molar-refractivity contribution is 5.86. The minimum absolute atomic E-state index is 0.0122. The summed E-state index contributed by atoms with van der Waals surface area (Å²) in [6, 6.07) is 12.0. The van der Waals surface area contributed by atoms with Crippen molar-refractivity contribution in [1.29, 1.82) is 5.26 Å². The van der Waals surface area contributed by atoms with E-state index < -0.39 is 5.41 Å². The largest absolute Gasteiger partial charge is 0.354 e. The molecule has 1 amide bonds. The monoisotopic (exact) mass is 402 g/mol. The molecular formula is C21H22N8O. The average Bonchev–Trinajstić information content (AvgIpc) is 3.16. The second-order valence-corrected chi connectivity index (χ2v) is 7.52. The van der Waals surface area contributed by atoms with Gasteiger partial charge in [0.25, 0.3) is 0 Å². The van der Waals surface area contributed by atoms with Gasteiger partial charge in [-0.05, 0) is 18.9 Å². The number of amides is 1. The number of nitriles is 1. The number of nitrogens with one attached hydrogen (secondary N) is 1. The molecule has 0 radical (unpaired) electrons. The minimum atomic E-state index is -0.593. The molecule has 0 saturated carbocycles. The highest BCUT2D eigenvalue weighted by Gasteiger charge is 2.50. The summed E-state index contributed by atoms with van der Waals surface area (Å²) in [5.74, 6) is 0.511. The molecule has 30 heavy (non-hydrogen) atoms. The van der Waals surface area contributed by atoms with Crippen LogP contribution in [-0.2, 0) is 17.8 Å². The van der Waals surface area contributed by atoms with Crippen LogP contribution in [0, 0.1) is 23.7 Å². The van der Waals surface area contributed by atoms with Crippen LogP contribution in [0.4, 0.5) is 5.82 Å². The lowest BCUT2D eigenvalue weighted by Gasteiger charge is -2.49. The number of rotatable bonds is 7. The summed E-state index contributed by atoms with van der Waals surface area (Å²) in [5, 5.41) is 20.3. The summed E-state index contributed by atoms with van der Waals surface area (Å²) in [7, 11) is 0. The fraction of sp³-hybridized carbons (Fsp3) is 0.333. The van der Waals surface area contributed by atoms with Crippen LogP contribution in [-0.4, -0.2) is 50.5 Å². The Morgan fingerprint density at radius 1 is 1.23 bits per heavy atom. The summed E-state index contributed by atoms with van der Waals surface area (Å²) in [6.07, 6.45) is 5.51. The Bertz CT molecular complexity index is 1070. The fourth-order valence-corrected chi connectivity index (χ4v) is 3.77. The second-order valence-electron chi connectivity index (χ2n) is 7.52. The first-order valence-corrected chi connectivity index (χ1v) is 9.75. The van der Waals surface area contributed by atoms with Crippen LogP contribution in [0.1, 0.15) is 17.0 Å². The Morgan fingerprint density at radius 2 is 2.00 bits per heavy atom. The van der Waals surface area contributed by atoms with Gasteiger partial charge in [-0.2, -0.15) is 5.26 Å². The van der Waals surface area contributed by atoms with Gasteiger partial charge in [0.05, 0.1) is 17.7 Å². The number of aromatic nitrogens is 5. The predicted molar refractivity (Wildman–Crippen MR) is 109 cm³/mol. The normalized spacial score (nSPS) is 14.6. The maximum absolute atomic E-state index is 13.2. The van der Waals surface area contributed by atoms with Crippen molar-refractivity contribution < 1.29 is 4.79 Å². The molecule has 9 nitrogen and oxygen atoms in total. The molecule has 0 atom stereocenters. The smallest absolute Gasteiger partial charge is 0.230 e. The number of hydrogen-bond donors (Lipinski definition) is 1. The zero-order chi connectivity index (χ0) is 21.0. The summed E-state index contributed by atoms with van der Waals surface area (Å²) in [6.45, 7) is 3.85. The SMILES string of the molecule is Cc1cn(CCNC(=O)C2(Cc3ccccc3)CN(c3nccnc3C#N)C2)nn1. The highest BCUT2D eigenvalue weighted by atomic mass is 16.2. The van der Waals surface area contributed by atoms with E-state index in [2.05, 4.69) is 31.7 Å². The molecule has 1 saturated heterocycles. The Balaban J connectivity index is 1.47. The summed E-state index contributed by atoms with van der Waals surface area (Å²) in [4.78, 5) is 23.5. The first kappa shape index (κ1) is 19.5. The Hall–Kier alpha value is -3.80. The van der Waals surface area contributed by atoms with E-state index in [-0.39, 0.29) is 11.6 Å². The van der Waals surface area contributed by atoms with Crippen LogP contribution in [0.25, 0.3) is 0 Å². The molecule has 3 heterocycles. The molecule has 152 valence electrons. The van der Waals surface area contributed by atoms with E-state index in [1.807, 2.05) is 48.4 Å². The van der Waals surface area contributed by atoms with E-state index in [4.69, 9.17) is 0 Å². The van der Waals surface area contributed by atoms with Gasteiger partial charge in [-0.1, -0.05) is 35.5 Å². The third kappa shape index (κ3) is 3.98. The van der Waals surface area contributed by atoms with Crippen molar-refractivity contribution in [2.75, 3.05) is 24.5 Å². The Kier molecular flexibility index (Phi) is 5.39. The lowest BCUT2D eigenvalue weighted by Crippen LogP contribution is -2.65. The molecule has 0 unspecified atom stereocenters. The quantitative estimate of drug-likeness (QED) is 0.630. The molecular weight excluding hydrogens is 380 g/mol. The molecule has 9 heteroatoms. The van der Waals surface area contributed by atoms with Gasteiger partial charge in [0, 0.05) is 38.2 Å². The van der Waals surface area contributed by atoms with Gasteiger partial charge in [-0.25, -0.2) is 9.97 Å². The van der Waals surface area contributed by atoms with Gasteiger partial charge in [0.1, 0.15) is 6.07 Å². The topological polar surface area (TPSA) is 113 Å². The maximum Gasteiger partial charge on any atom is 0.230 e. The zero-order valence-electron chi connectivity index (χ0n) is 16.7. The standard InChI is InChI=1S/C21H22N8O/c1-16-13-29(27-26-16)10-9-25-20(30)21(11-17-5-3-2-4-6-17)14-28(15-21)19-18(12-22)23-7-8-24-19/h2-8,13H,9-11,14-15H2,1H3,(H,25,30). The summed E-state index contributed by atoms with van der Waals surface area (Å²) in [5.41, 5.74) is 1.62. The lowest BCUT2D eigenvalue weighted by molar-refractivity contribution is -0.132. The molecule has 1 fully saturated rings. The van der Waals surface area contributed by atoms with Crippen molar-refractivity contribution in [3.63, 3.8) is 0 Å². The molecule has 1 aliphatic heterocycles. The molecule has 1 N–H and O–H groups in total. The van der Waals surface area contributed by atoms with Crippen LogP contribution in [0.5, 0.6) is 0 Å². The van der Waals surface area contributed by atoms with Crippen LogP contribution in [0.2, 0.25) is 0 Å². The van der Waals surface area contributed by atoms with Crippen LogP contribution >= 0.6 is 0 Å². The van der Waals surface area contributed by atoms with Gasteiger partial charge in [0.15, 0.2) is 11.5 Å². The van der Waals surface area contributed by atoms with E-state index in [0.717, 1.165) is 11.3 Å². The molecule has 0 bridgehead atoms. The van der Waals surface area contributed by atoms with Crippen molar-refractivity contribution in [1.82, 2.24) is 30.3 Å². The number of aryl methyl sites for hydroxylation is 1. The van der Waals surface area contributed by atoms with E-state index in [1.54, 1.807) is 10.9 Å². The fourth-order valence-electron chi connectivity index (χ4n) is 3.77. The zero-order valence-corrected chi connectivity index (χ0v) is 16.7. The van der Waals surface area contributed by atoms with Crippen molar-refractivity contribution in [3.8, 4) is 6.07 Å². The first-order valence-electron chi connectivity index (χ1n) is 9.75. The first-order chi connectivity index (χ1) is 14.6. The minimum Gasteiger partial charge on any atom is -0.354 e. The van der Waals surface area contributed by atoms with Crippen molar-refractivity contribution >= 4 is 11.7 Å². The van der Waals surface area contributed by atoms with Crippen LogP contribution in [0.3, 0.4) is 0 Å². The lowest BCUT2D eigenvalue weighted by atomic mass is 9.73. The van der Waals surface area contributed by atoms with E-state index >= 15 is 0 Å². The maximum atomic E-state index is 13.2. The molecule has 0 spiro atoms. The third-order valence-electron chi connectivity index (χ3n) is 5.22. The number of nitrogens with zero attached hydrogens (tertiary/aromatic N) is 7. The van der Waals surface area contributed by atoms with Crippen LogP contribution in [0.15, 0.2) is 48.9 Å². The van der Waals surface area contributed by atoms with E-state index in [9.17, 15) is 10.1 Å². The van der Waals surface area contributed by atoms with Crippen molar-refractivity contribution in [3.05, 3.63) is 65.9 Å². The van der Waals surface area contributed by atoms with E-state index in [0.29, 0.717) is 38.4 Å². The van der Waals surface area contributed by atoms with Crippen molar-refractivity contribution in [2.45, 2.75) is 19.9 Å². The molecule has 3 aromatic rings. The number of carbonyl (C=O) groups excluding carboxylic acids is 1. The number of benzene rings is 1. The molecule has 4 rings (SSSR count). The number of hydrogen-bond acceptors (Lipinski definition) is 7. The highest BCUT2D eigenvalue weighted by Crippen LogP contribution is 2.37. The average molecular weight is 402 g/mol. The number of anilines is 1. The van der Waals surface area contributed by atoms with E-state index in [1.165, 1.54) is 6.20 Å². The van der Waals surface area contributed by atoms with Crippen molar-refractivity contribution in [2.24, 2.45) is 5.41 Å². The second kappa shape index (κ2) is 8.29. The number of carbonyl (C=O) groups is 1. The predicted octanol–water partition coefficient (Wildman–Crippen LogP) is 1.11. The van der Waals surface area contributed by atoms with Gasteiger partial charge in [0.2, 0.25) is 5.91 Å². The van der Waals surface area contributed by atoms with Crippen LogP contribution < -0.4 is 10.2 Å². The Morgan fingerprint density at radius 3 is 2.70 bits per heavy atom. The summed E-state index contributed by atoms with van der Waals surface area (Å²) >= 11 is 0. The summed E-state index contributed by atoms with van der Waals surface area (Å²) < 4.78 is 1.71.